The number of hydrogen-bond donors (Lipinski definition) is 1. The Bertz CT molecular complexity index is 209. The van der Waals surface area contributed by atoms with Crippen LogP contribution in [0.3, 0.4) is 0 Å². The molecule has 68 valence electrons. The van der Waals surface area contributed by atoms with Crippen LogP contribution in [-0.4, -0.2) is 23.3 Å². The summed E-state index contributed by atoms with van der Waals surface area (Å²) in [4.78, 5) is 4.23. The van der Waals surface area contributed by atoms with E-state index in [1.165, 1.54) is 17.3 Å². The maximum Gasteiger partial charge on any atom is 0.150 e. The van der Waals surface area contributed by atoms with E-state index in [1.54, 1.807) is 11.3 Å². The smallest absolute Gasteiger partial charge is 0.150 e. The van der Waals surface area contributed by atoms with Crippen molar-refractivity contribution in [3.8, 4) is 0 Å². The third-order valence-electron chi connectivity index (χ3n) is 1.69. The SMILES string of the molecule is Cl.c1csc(S[C@H]2CCNC2)n1. The van der Waals surface area contributed by atoms with Crippen LogP contribution in [0.2, 0.25) is 0 Å². The van der Waals surface area contributed by atoms with Gasteiger partial charge in [-0.2, -0.15) is 0 Å². The second-order valence-electron chi connectivity index (χ2n) is 2.53. The Morgan fingerprint density at radius 1 is 1.67 bits per heavy atom. The van der Waals surface area contributed by atoms with Crippen molar-refractivity contribution in [3.05, 3.63) is 11.6 Å². The van der Waals surface area contributed by atoms with Crippen LogP contribution in [0.4, 0.5) is 0 Å². The zero-order valence-corrected chi connectivity index (χ0v) is 8.97. The number of aromatic nitrogens is 1. The monoisotopic (exact) mass is 222 g/mol. The molecular weight excluding hydrogens is 212 g/mol. The molecule has 1 saturated heterocycles. The number of rotatable bonds is 2. The second-order valence-corrected chi connectivity index (χ2v) is 4.97. The summed E-state index contributed by atoms with van der Waals surface area (Å²) >= 11 is 3.64. The molecule has 0 aliphatic carbocycles. The number of thioether (sulfide) groups is 1. The molecule has 1 aliphatic rings. The molecule has 2 nitrogen and oxygen atoms in total. The number of nitrogens with one attached hydrogen (secondary N) is 1. The molecule has 5 heteroatoms. The van der Waals surface area contributed by atoms with Gasteiger partial charge in [0.2, 0.25) is 0 Å². The van der Waals surface area contributed by atoms with E-state index in [-0.39, 0.29) is 12.4 Å². The first-order chi connectivity index (χ1) is 5.45. The van der Waals surface area contributed by atoms with E-state index in [0.717, 1.165) is 11.8 Å². The number of thiazole rings is 1. The molecule has 0 radical (unpaired) electrons. The molecular formula is C7H11ClN2S2. The van der Waals surface area contributed by atoms with Crippen molar-refractivity contribution < 1.29 is 0 Å². The maximum atomic E-state index is 4.23. The van der Waals surface area contributed by atoms with Gasteiger partial charge in [0.15, 0.2) is 0 Å². The van der Waals surface area contributed by atoms with Crippen LogP contribution in [0.1, 0.15) is 6.42 Å². The lowest BCUT2D eigenvalue weighted by atomic mass is 10.4. The highest BCUT2D eigenvalue weighted by molar-refractivity contribution is 8.01. The molecule has 1 N–H and O–H groups in total. The first kappa shape index (κ1) is 10.3. The van der Waals surface area contributed by atoms with Gasteiger partial charge in [0.05, 0.1) is 0 Å². The van der Waals surface area contributed by atoms with E-state index in [4.69, 9.17) is 0 Å². The Morgan fingerprint density at radius 3 is 3.17 bits per heavy atom. The molecule has 0 amide bonds. The lowest BCUT2D eigenvalue weighted by Gasteiger charge is -2.02. The second kappa shape index (κ2) is 5.07. The van der Waals surface area contributed by atoms with Crippen molar-refractivity contribution in [1.29, 1.82) is 0 Å². The minimum atomic E-state index is 0. The third kappa shape index (κ3) is 2.62. The third-order valence-corrected chi connectivity index (χ3v) is 3.88. The van der Waals surface area contributed by atoms with Gasteiger partial charge in [-0.15, -0.1) is 23.7 Å². The van der Waals surface area contributed by atoms with Crippen molar-refractivity contribution in [1.82, 2.24) is 10.3 Å². The first-order valence-electron chi connectivity index (χ1n) is 3.72. The highest BCUT2D eigenvalue weighted by Crippen LogP contribution is 2.27. The molecule has 1 aromatic heterocycles. The molecule has 0 aromatic carbocycles. The summed E-state index contributed by atoms with van der Waals surface area (Å²) in [6.45, 7) is 2.31. The molecule has 1 aromatic rings. The summed E-state index contributed by atoms with van der Waals surface area (Å²) in [5.74, 6) is 0. The number of halogens is 1. The van der Waals surface area contributed by atoms with Crippen LogP contribution in [0.5, 0.6) is 0 Å². The van der Waals surface area contributed by atoms with Gasteiger partial charge >= 0.3 is 0 Å². The molecule has 1 atom stereocenters. The molecule has 0 saturated carbocycles. The summed E-state index contributed by atoms with van der Waals surface area (Å²) in [7, 11) is 0. The Hall–Kier alpha value is 0.230. The summed E-state index contributed by atoms with van der Waals surface area (Å²) in [5.41, 5.74) is 0. The van der Waals surface area contributed by atoms with E-state index >= 15 is 0 Å². The predicted octanol–water partition coefficient (Wildman–Crippen LogP) is 2.02. The lowest BCUT2D eigenvalue weighted by molar-refractivity contribution is 0.858. The molecule has 12 heavy (non-hydrogen) atoms. The van der Waals surface area contributed by atoms with Crippen molar-refractivity contribution in [2.24, 2.45) is 0 Å². The van der Waals surface area contributed by atoms with Gasteiger partial charge in [-0.3, -0.25) is 0 Å². The predicted molar refractivity (Wildman–Crippen MR) is 56.5 cm³/mol. The lowest BCUT2D eigenvalue weighted by Crippen LogP contribution is -2.09. The van der Waals surface area contributed by atoms with E-state index < -0.39 is 0 Å². The van der Waals surface area contributed by atoms with Gasteiger partial charge in [-0.1, -0.05) is 11.8 Å². The largest absolute Gasteiger partial charge is 0.316 e. The van der Waals surface area contributed by atoms with E-state index in [9.17, 15) is 0 Å². The van der Waals surface area contributed by atoms with Crippen molar-refractivity contribution in [2.45, 2.75) is 16.0 Å². The Morgan fingerprint density at radius 2 is 2.58 bits per heavy atom. The van der Waals surface area contributed by atoms with Gasteiger partial charge in [0.1, 0.15) is 4.34 Å². The van der Waals surface area contributed by atoms with Crippen LogP contribution < -0.4 is 5.32 Å². The van der Waals surface area contributed by atoms with Gasteiger partial charge < -0.3 is 5.32 Å². The van der Waals surface area contributed by atoms with Crippen molar-refractivity contribution in [3.63, 3.8) is 0 Å². The van der Waals surface area contributed by atoms with Crippen LogP contribution in [0.15, 0.2) is 15.9 Å². The zero-order chi connectivity index (χ0) is 7.52. The fraction of sp³-hybridized carbons (Fsp3) is 0.571. The summed E-state index contributed by atoms with van der Waals surface area (Å²) in [6.07, 6.45) is 3.15. The topological polar surface area (TPSA) is 24.9 Å². The van der Waals surface area contributed by atoms with Gasteiger partial charge in [-0.05, 0) is 13.0 Å². The van der Waals surface area contributed by atoms with Crippen LogP contribution in [0.25, 0.3) is 0 Å². The molecule has 0 bridgehead atoms. The van der Waals surface area contributed by atoms with Crippen molar-refractivity contribution >= 4 is 35.5 Å². The Kier molecular flexibility index (Phi) is 4.35. The first-order valence-corrected chi connectivity index (χ1v) is 5.48. The Labute approximate surface area is 86.6 Å². The average Bonchev–Trinajstić information content (AvgIpc) is 2.60. The standard InChI is InChI=1S/C7H10N2S2.ClH/c1-2-8-5-6(1)11-7-9-3-4-10-7;/h3-4,6,8H,1-2,5H2;1H/t6-;/m0./s1. The molecule has 1 fully saturated rings. The highest BCUT2D eigenvalue weighted by Gasteiger charge is 2.16. The van der Waals surface area contributed by atoms with E-state index in [2.05, 4.69) is 10.3 Å². The van der Waals surface area contributed by atoms with Crippen molar-refractivity contribution in [2.75, 3.05) is 13.1 Å². The minimum Gasteiger partial charge on any atom is -0.316 e. The van der Waals surface area contributed by atoms with Crippen LogP contribution in [0, 0.1) is 0 Å². The minimum absolute atomic E-state index is 0. The Balaban J connectivity index is 0.000000720. The number of nitrogens with zero attached hydrogens (tertiary/aromatic N) is 1. The summed E-state index contributed by atoms with van der Waals surface area (Å²) < 4.78 is 1.21. The zero-order valence-electron chi connectivity index (χ0n) is 6.53. The number of hydrogen-bond acceptors (Lipinski definition) is 4. The average molecular weight is 223 g/mol. The quantitative estimate of drug-likeness (QED) is 0.829. The van der Waals surface area contributed by atoms with Crippen LogP contribution in [-0.2, 0) is 0 Å². The molecule has 2 heterocycles. The molecule has 0 unspecified atom stereocenters. The highest BCUT2D eigenvalue weighted by atomic mass is 35.5. The summed E-state index contributed by atoms with van der Waals surface area (Å²) in [5, 5.41) is 6.12. The van der Waals surface area contributed by atoms with Crippen LogP contribution >= 0.6 is 35.5 Å². The van der Waals surface area contributed by atoms with E-state index in [0.29, 0.717) is 0 Å². The van der Waals surface area contributed by atoms with Gasteiger partial charge in [0, 0.05) is 23.4 Å². The summed E-state index contributed by atoms with van der Waals surface area (Å²) in [6, 6.07) is 0. The van der Waals surface area contributed by atoms with Gasteiger partial charge in [0.25, 0.3) is 0 Å². The maximum absolute atomic E-state index is 4.23. The molecule has 1 aliphatic heterocycles. The fourth-order valence-electron chi connectivity index (χ4n) is 1.14. The molecule has 2 rings (SSSR count). The normalized spacial score (nSPS) is 22.2. The fourth-order valence-corrected chi connectivity index (χ4v) is 3.14. The van der Waals surface area contributed by atoms with Gasteiger partial charge in [-0.25, -0.2) is 4.98 Å². The van der Waals surface area contributed by atoms with E-state index in [1.807, 2.05) is 23.3 Å². The molecule has 0 spiro atoms.